The van der Waals surface area contributed by atoms with Gasteiger partial charge >= 0.3 is 0 Å². The standard InChI is InChI=1S/C15H12ClNO/c16-13-6-8-14(9-7-13)17-11-10-15(18)12-4-2-1-3-5-12/h1-11,17H. The third kappa shape index (κ3) is 3.47. The van der Waals surface area contributed by atoms with Crippen LogP contribution >= 0.6 is 11.6 Å². The number of hydrogen-bond acceptors (Lipinski definition) is 2. The van der Waals surface area contributed by atoms with Crippen molar-refractivity contribution in [2.24, 2.45) is 0 Å². The van der Waals surface area contributed by atoms with E-state index in [1.54, 1.807) is 30.5 Å². The molecule has 0 saturated carbocycles. The van der Waals surface area contributed by atoms with E-state index in [0.717, 1.165) is 5.69 Å². The van der Waals surface area contributed by atoms with Gasteiger partial charge in [0.1, 0.15) is 0 Å². The Balaban J connectivity index is 1.96. The minimum absolute atomic E-state index is 0.0305. The molecule has 0 fully saturated rings. The van der Waals surface area contributed by atoms with E-state index >= 15 is 0 Å². The van der Waals surface area contributed by atoms with Gasteiger partial charge in [0.25, 0.3) is 0 Å². The van der Waals surface area contributed by atoms with Crippen LogP contribution in [0.3, 0.4) is 0 Å². The molecule has 1 N–H and O–H groups in total. The van der Waals surface area contributed by atoms with Gasteiger partial charge in [-0.3, -0.25) is 4.79 Å². The average Bonchev–Trinajstić information content (AvgIpc) is 2.42. The molecule has 0 unspecified atom stereocenters. The van der Waals surface area contributed by atoms with Crippen molar-refractivity contribution in [1.29, 1.82) is 0 Å². The Morgan fingerprint density at radius 2 is 1.67 bits per heavy atom. The zero-order chi connectivity index (χ0) is 12.8. The van der Waals surface area contributed by atoms with Crippen molar-refractivity contribution in [3.63, 3.8) is 0 Å². The third-order valence-electron chi connectivity index (χ3n) is 2.39. The lowest BCUT2D eigenvalue weighted by molar-refractivity contribution is 0.104. The van der Waals surface area contributed by atoms with Crippen LogP contribution in [-0.4, -0.2) is 5.78 Å². The lowest BCUT2D eigenvalue weighted by Crippen LogP contribution is -1.95. The maximum absolute atomic E-state index is 11.7. The Morgan fingerprint density at radius 3 is 2.33 bits per heavy atom. The zero-order valence-corrected chi connectivity index (χ0v) is 10.4. The number of allylic oxidation sites excluding steroid dienone is 1. The molecular weight excluding hydrogens is 246 g/mol. The van der Waals surface area contributed by atoms with Crippen molar-refractivity contribution in [1.82, 2.24) is 0 Å². The first-order valence-corrected chi connectivity index (χ1v) is 5.91. The number of nitrogens with one attached hydrogen (secondary N) is 1. The summed E-state index contributed by atoms with van der Waals surface area (Å²) in [6, 6.07) is 16.4. The fourth-order valence-electron chi connectivity index (χ4n) is 1.46. The summed E-state index contributed by atoms with van der Waals surface area (Å²) >= 11 is 5.78. The van der Waals surface area contributed by atoms with Crippen molar-refractivity contribution in [2.45, 2.75) is 0 Å². The summed E-state index contributed by atoms with van der Waals surface area (Å²) in [5.41, 5.74) is 1.56. The van der Waals surface area contributed by atoms with Crippen molar-refractivity contribution in [3.8, 4) is 0 Å². The highest BCUT2D eigenvalue weighted by Crippen LogP contribution is 2.13. The molecule has 0 aromatic heterocycles. The van der Waals surface area contributed by atoms with Crippen LogP contribution < -0.4 is 5.32 Å². The number of anilines is 1. The van der Waals surface area contributed by atoms with Crippen molar-refractivity contribution in [3.05, 3.63) is 77.5 Å². The van der Waals surface area contributed by atoms with Crippen LogP contribution in [0.4, 0.5) is 5.69 Å². The minimum Gasteiger partial charge on any atom is -0.362 e. The van der Waals surface area contributed by atoms with Crippen molar-refractivity contribution < 1.29 is 4.79 Å². The highest BCUT2D eigenvalue weighted by molar-refractivity contribution is 6.30. The van der Waals surface area contributed by atoms with Crippen molar-refractivity contribution in [2.75, 3.05) is 5.32 Å². The summed E-state index contributed by atoms with van der Waals surface area (Å²) in [7, 11) is 0. The first kappa shape index (κ1) is 12.4. The predicted molar refractivity (Wildman–Crippen MR) is 75.0 cm³/mol. The number of halogens is 1. The van der Waals surface area contributed by atoms with Crippen LogP contribution in [0.25, 0.3) is 0 Å². The Kier molecular flexibility index (Phi) is 4.15. The van der Waals surface area contributed by atoms with E-state index in [9.17, 15) is 4.79 Å². The van der Waals surface area contributed by atoms with Crippen LogP contribution in [0.5, 0.6) is 0 Å². The zero-order valence-electron chi connectivity index (χ0n) is 9.64. The van der Waals surface area contributed by atoms with Crippen LogP contribution in [0.2, 0.25) is 5.02 Å². The molecule has 0 aliphatic rings. The fraction of sp³-hybridized carbons (Fsp3) is 0. The molecule has 0 saturated heterocycles. The van der Waals surface area contributed by atoms with Gasteiger partial charge in [-0.2, -0.15) is 0 Å². The molecule has 0 aliphatic carbocycles. The number of rotatable bonds is 4. The molecule has 3 heteroatoms. The SMILES string of the molecule is O=C(C=CNc1ccc(Cl)cc1)c1ccccc1. The lowest BCUT2D eigenvalue weighted by atomic mass is 10.1. The number of carbonyl (C=O) groups excluding carboxylic acids is 1. The minimum atomic E-state index is -0.0305. The lowest BCUT2D eigenvalue weighted by Gasteiger charge is -2.00. The summed E-state index contributed by atoms with van der Waals surface area (Å²) in [4.78, 5) is 11.7. The molecule has 2 aromatic carbocycles. The van der Waals surface area contributed by atoms with E-state index in [1.807, 2.05) is 30.3 Å². The van der Waals surface area contributed by atoms with Gasteiger partial charge in [0.2, 0.25) is 0 Å². The Hall–Kier alpha value is -2.06. The van der Waals surface area contributed by atoms with Gasteiger partial charge in [-0.05, 0) is 24.3 Å². The number of benzene rings is 2. The highest BCUT2D eigenvalue weighted by atomic mass is 35.5. The van der Waals surface area contributed by atoms with Gasteiger partial charge in [0.15, 0.2) is 5.78 Å². The molecule has 0 amide bonds. The smallest absolute Gasteiger partial charge is 0.187 e. The van der Waals surface area contributed by atoms with Crippen LogP contribution in [0.1, 0.15) is 10.4 Å². The van der Waals surface area contributed by atoms with E-state index in [-0.39, 0.29) is 5.78 Å². The number of ketones is 1. The molecule has 2 rings (SSSR count). The summed E-state index contributed by atoms with van der Waals surface area (Å²) in [6.07, 6.45) is 3.13. The largest absolute Gasteiger partial charge is 0.362 e. The number of carbonyl (C=O) groups is 1. The monoisotopic (exact) mass is 257 g/mol. The molecule has 0 bridgehead atoms. The Morgan fingerprint density at radius 1 is 1.00 bits per heavy atom. The molecule has 0 atom stereocenters. The maximum Gasteiger partial charge on any atom is 0.187 e. The maximum atomic E-state index is 11.7. The van der Waals surface area contributed by atoms with Gasteiger partial charge in [-0.25, -0.2) is 0 Å². The molecule has 0 spiro atoms. The van der Waals surface area contributed by atoms with Crippen LogP contribution in [0.15, 0.2) is 66.9 Å². The molecule has 0 radical (unpaired) electrons. The first-order chi connectivity index (χ1) is 8.75. The van der Waals surface area contributed by atoms with Crippen LogP contribution in [0, 0.1) is 0 Å². The summed E-state index contributed by atoms with van der Waals surface area (Å²) in [5.74, 6) is -0.0305. The third-order valence-corrected chi connectivity index (χ3v) is 2.64. The summed E-state index contributed by atoms with van der Waals surface area (Å²) in [6.45, 7) is 0. The van der Waals surface area contributed by atoms with Gasteiger partial charge in [-0.15, -0.1) is 0 Å². The molecule has 90 valence electrons. The van der Waals surface area contributed by atoms with Gasteiger partial charge in [0, 0.05) is 28.5 Å². The van der Waals surface area contributed by atoms with E-state index in [2.05, 4.69) is 5.32 Å². The number of hydrogen-bond donors (Lipinski definition) is 1. The molecule has 2 aromatic rings. The second-order valence-electron chi connectivity index (χ2n) is 3.71. The molecule has 2 nitrogen and oxygen atoms in total. The fourth-order valence-corrected chi connectivity index (χ4v) is 1.58. The van der Waals surface area contributed by atoms with E-state index in [4.69, 9.17) is 11.6 Å². The first-order valence-electron chi connectivity index (χ1n) is 5.54. The summed E-state index contributed by atoms with van der Waals surface area (Å²) < 4.78 is 0. The van der Waals surface area contributed by atoms with Crippen molar-refractivity contribution >= 4 is 23.1 Å². The van der Waals surface area contributed by atoms with Gasteiger partial charge < -0.3 is 5.32 Å². The Labute approximate surface area is 111 Å². The average molecular weight is 258 g/mol. The van der Waals surface area contributed by atoms with E-state index in [0.29, 0.717) is 10.6 Å². The van der Waals surface area contributed by atoms with Gasteiger partial charge in [-0.1, -0.05) is 41.9 Å². The van der Waals surface area contributed by atoms with Crippen LogP contribution in [-0.2, 0) is 0 Å². The second kappa shape index (κ2) is 6.03. The van der Waals surface area contributed by atoms with Gasteiger partial charge in [0.05, 0.1) is 0 Å². The predicted octanol–water partition coefficient (Wildman–Crippen LogP) is 4.15. The normalized spacial score (nSPS) is 10.5. The second-order valence-corrected chi connectivity index (χ2v) is 4.15. The topological polar surface area (TPSA) is 29.1 Å². The van der Waals surface area contributed by atoms with E-state index in [1.165, 1.54) is 6.08 Å². The van der Waals surface area contributed by atoms with E-state index < -0.39 is 0 Å². The molecule has 0 aliphatic heterocycles. The molecule has 18 heavy (non-hydrogen) atoms. The molecular formula is C15H12ClNO. The quantitative estimate of drug-likeness (QED) is 0.659. The highest BCUT2D eigenvalue weighted by Gasteiger charge is 1.98. The summed E-state index contributed by atoms with van der Waals surface area (Å²) in [5, 5.41) is 3.70. The Bertz CT molecular complexity index is 546. The molecule has 0 heterocycles.